The lowest BCUT2D eigenvalue weighted by Crippen LogP contribution is -2.50. The van der Waals surface area contributed by atoms with Gasteiger partial charge < -0.3 is 19.1 Å². The highest BCUT2D eigenvalue weighted by atomic mass is 16.5. The van der Waals surface area contributed by atoms with Crippen LogP contribution < -0.4 is 0 Å². The van der Waals surface area contributed by atoms with Crippen LogP contribution in [0.5, 0.6) is 0 Å². The molecule has 0 N–H and O–H groups in total. The molecule has 1 aliphatic carbocycles. The van der Waals surface area contributed by atoms with Crippen LogP contribution in [0, 0.1) is 5.41 Å². The second-order valence-electron chi connectivity index (χ2n) is 8.13. The molecule has 3 fully saturated rings. The van der Waals surface area contributed by atoms with Crippen LogP contribution in [0.25, 0.3) is 0 Å². The Bertz CT molecular complexity index is 698. The monoisotopic (exact) mass is 376 g/mol. The quantitative estimate of drug-likeness (QED) is 0.767. The molecule has 1 aromatic rings. The van der Waals surface area contributed by atoms with Gasteiger partial charge in [-0.05, 0) is 18.3 Å². The molecule has 1 saturated carbocycles. The molecule has 8 nitrogen and oxygen atoms in total. The van der Waals surface area contributed by atoms with Crippen molar-refractivity contribution in [3.05, 3.63) is 11.7 Å². The number of rotatable bonds is 5. The van der Waals surface area contributed by atoms with Crippen LogP contribution in [0.1, 0.15) is 50.7 Å². The number of aromatic nitrogens is 2. The van der Waals surface area contributed by atoms with Crippen molar-refractivity contribution < 1.29 is 18.8 Å². The van der Waals surface area contributed by atoms with Crippen molar-refractivity contribution in [2.45, 2.75) is 58.0 Å². The van der Waals surface area contributed by atoms with E-state index in [9.17, 15) is 9.59 Å². The summed E-state index contributed by atoms with van der Waals surface area (Å²) in [6.45, 7) is 4.46. The number of ether oxygens (including phenoxy) is 1. The summed E-state index contributed by atoms with van der Waals surface area (Å²) in [6, 6.07) is 0. The van der Waals surface area contributed by atoms with Gasteiger partial charge in [-0.25, -0.2) is 0 Å². The number of carbonyl (C=O) groups excluding carboxylic acids is 2. The molecule has 2 saturated heterocycles. The minimum Gasteiger partial charge on any atom is -0.374 e. The lowest BCUT2D eigenvalue weighted by molar-refractivity contribution is -0.143. The third-order valence-electron chi connectivity index (χ3n) is 6.11. The third kappa shape index (κ3) is 4.00. The molecule has 1 atom stereocenters. The van der Waals surface area contributed by atoms with Crippen molar-refractivity contribution in [1.29, 1.82) is 0 Å². The number of amides is 2. The molecule has 148 valence electrons. The molecule has 3 aliphatic rings. The third-order valence-corrected chi connectivity index (χ3v) is 6.11. The Hall–Kier alpha value is -1.96. The SMILES string of the molecule is CCc1nc(CC2CN(C(=O)CN3CC4(CCCC4)CC3=O)CCO2)no1. The van der Waals surface area contributed by atoms with Crippen LogP contribution in [-0.2, 0) is 27.2 Å². The molecule has 1 unspecified atom stereocenters. The Balaban J connectivity index is 1.31. The van der Waals surface area contributed by atoms with Gasteiger partial charge in [0.25, 0.3) is 0 Å². The summed E-state index contributed by atoms with van der Waals surface area (Å²) in [4.78, 5) is 33.1. The molecule has 1 spiro atoms. The van der Waals surface area contributed by atoms with Gasteiger partial charge in [0, 0.05) is 38.9 Å². The van der Waals surface area contributed by atoms with Crippen molar-refractivity contribution in [2.24, 2.45) is 5.41 Å². The zero-order valence-electron chi connectivity index (χ0n) is 16.0. The van der Waals surface area contributed by atoms with Crippen molar-refractivity contribution in [3.8, 4) is 0 Å². The molecule has 0 radical (unpaired) electrons. The molecule has 0 bridgehead atoms. The Morgan fingerprint density at radius 2 is 2.15 bits per heavy atom. The molecule has 4 rings (SSSR count). The Labute approximate surface area is 159 Å². The number of aryl methyl sites for hydroxylation is 1. The fourth-order valence-electron chi connectivity index (χ4n) is 4.64. The lowest BCUT2D eigenvalue weighted by Gasteiger charge is -2.33. The second-order valence-corrected chi connectivity index (χ2v) is 8.13. The predicted octanol–water partition coefficient (Wildman–Crippen LogP) is 1.19. The molecule has 2 amide bonds. The van der Waals surface area contributed by atoms with E-state index in [1.165, 1.54) is 12.8 Å². The first-order valence-corrected chi connectivity index (χ1v) is 10.1. The first kappa shape index (κ1) is 18.4. The molecule has 1 aromatic heterocycles. The highest BCUT2D eigenvalue weighted by Gasteiger charge is 2.45. The van der Waals surface area contributed by atoms with Gasteiger partial charge in [-0.2, -0.15) is 4.98 Å². The van der Waals surface area contributed by atoms with Crippen molar-refractivity contribution >= 4 is 11.8 Å². The average Bonchev–Trinajstić information content (AvgIpc) is 3.37. The van der Waals surface area contributed by atoms with Crippen LogP contribution in [0.2, 0.25) is 0 Å². The van der Waals surface area contributed by atoms with Crippen molar-refractivity contribution in [3.63, 3.8) is 0 Å². The smallest absolute Gasteiger partial charge is 0.242 e. The summed E-state index contributed by atoms with van der Waals surface area (Å²) in [6.07, 6.45) is 6.35. The summed E-state index contributed by atoms with van der Waals surface area (Å²) < 4.78 is 10.9. The fourth-order valence-corrected chi connectivity index (χ4v) is 4.64. The maximum atomic E-state index is 12.8. The van der Waals surface area contributed by atoms with E-state index >= 15 is 0 Å². The molecule has 0 aromatic carbocycles. The normalized spacial score (nSPS) is 24.9. The van der Waals surface area contributed by atoms with Crippen LogP contribution in [0.3, 0.4) is 0 Å². The highest BCUT2D eigenvalue weighted by molar-refractivity contribution is 5.86. The molecule has 3 heterocycles. The first-order chi connectivity index (χ1) is 13.1. The van der Waals surface area contributed by atoms with Gasteiger partial charge in [-0.1, -0.05) is 24.9 Å². The Morgan fingerprint density at radius 1 is 1.33 bits per heavy atom. The molecule has 8 heteroatoms. The highest BCUT2D eigenvalue weighted by Crippen LogP contribution is 2.45. The van der Waals surface area contributed by atoms with Crippen molar-refractivity contribution in [1.82, 2.24) is 19.9 Å². The number of hydrogen-bond donors (Lipinski definition) is 0. The maximum Gasteiger partial charge on any atom is 0.242 e. The van der Waals surface area contributed by atoms with E-state index in [0.717, 1.165) is 19.4 Å². The van der Waals surface area contributed by atoms with Gasteiger partial charge in [0.2, 0.25) is 17.7 Å². The molecular formula is C19H28N4O4. The van der Waals surface area contributed by atoms with E-state index in [2.05, 4.69) is 10.1 Å². The maximum absolute atomic E-state index is 12.8. The first-order valence-electron chi connectivity index (χ1n) is 10.1. The number of morpholine rings is 1. The lowest BCUT2D eigenvalue weighted by atomic mass is 9.85. The summed E-state index contributed by atoms with van der Waals surface area (Å²) in [5, 5.41) is 3.96. The number of hydrogen-bond acceptors (Lipinski definition) is 6. The fraction of sp³-hybridized carbons (Fsp3) is 0.789. The zero-order valence-corrected chi connectivity index (χ0v) is 16.0. The summed E-state index contributed by atoms with van der Waals surface area (Å²) >= 11 is 0. The van der Waals surface area contributed by atoms with Gasteiger partial charge in [-0.3, -0.25) is 9.59 Å². The van der Waals surface area contributed by atoms with Crippen LogP contribution >= 0.6 is 0 Å². The van der Waals surface area contributed by atoms with Gasteiger partial charge in [-0.15, -0.1) is 0 Å². The number of likely N-dealkylation sites (tertiary alicyclic amines) is 1. The Kier molecular flexibility index (Phi) is 5.16. The zero-order chi connectivity index (χ0) is 18.9. The minimum atomic E-state index is -0.138. The second kappa shape index (κ2) is 7.58. The molecular weight excluding hydrogens is 348 g/mol. The van der Waals surface area contributed by atoms with Gasteiger partial charge in [0.1, 0.15) is 0 Å². The van der Waals surface area contributed by atoms with E-state index in [0.29, 0.717) is 50.7 Å². The van der Waals surface area contributed by atoms with E-state index in [-0.39, 0.29) is 29.9 Å². The van der Waals surface area contributed by atoms with E-state index in [4.69, 9.17) is 9.26 Å². The number of nitrogens with zero attached hydrogens (tertiary/aromatic N) is 4. The van der Waals surface area contributed by atoms with Crippen molar-refractivity contribution in [2.75, 3.05) is 32.8 Å². The molecule has 27 heavy (non-hydrogen) atoms. The topological polar surface area (TPSA) is 88.8 Å². The van der Waals surface area contributed by atoms with Gasteiger partial charge in [0.05, 0.1) is 19.3 Å². The Morgan fingerprint density at radius 3 is 2.89 bits per heavy atom. The standard InChI is InChI=1S/C19H28N4O4/c1-2-16-20-15(21-27-16)9-14-11-22(7-8-26-14)18(25)12-23-13-19(10-17(23)24)5-3-4-6-19/h14H,2-13H2,1H3. The number of carbonyl (C=O) groups is 2. The molecule has 2 aliphatic heterocycles. The predicted molar refractivity (Wildman–Crippen MR) is 95.8 cm³/mol. The average molecular weight is 376 g/mol. The summed E-state index contributed by atoms with van der Waals surface area (Å²) in [5.41, 5.74) is 0.139. The minimum absolute atomic E-state index is 0.00839. The van der Waals surface area contributed by atoms with E-state index in [1.807, 2.05) is 11.8 Å². The van der Waals surface area contributed by atoms with E-state index in [1.54, 1.807) is 4.90 Å². The summed E-state index contributed by atoms with van der Waals surface area (Å²) in [5.74, 6) is 1.37. The summed E-state index contributed by atoms with van der Waals surface area (Å²) in [7, 11) is 0. The van der Waals surface area contributed by atoms with Crippen LogP contribution in [0.4, 0.5) is 0 Å². The van der Waals surface area contributed by atoms with Crippen LogP contribution in [-0.4, -0.2) is 70.6 Å². The van der Waals surface area contributed by atoms with Gasteiger partial charge in [0.15, 0.2) is 5.82 Å². The van der Waals surface area contributed by atoms with E-state index < -0.39 is 0 Å². The largest absolute Gasteiger partial charge is 0.374 e. The van der Waals surface area contributed by atoms with Gasteiger partial charge >= 0.3 is 0 Å². The van der Waals surface area contributed by atoms with Crippen LogP contribution in [0.15, 0.2) is 4.52 Å².